The maximum atomic E-state index is 13.1. The molecule has 1 unspecified atom stereocenters. The lowest BCUT2D eigenvalue weighted by atomic mass is 9.73. The number of benzene rings is 2. The molecule has 6 nitrogen and oxygen atoms in total. The molecular weight excluding hydrogens is 452 g/mol. The Kier molecular flexibility index (Phi) is 6.44. The van der Waals surface area contributed by atoms with Crippen LogP contribution in [-0.2, 0) is 17.6 Å². The van der Waals surface area contributed by atoms with Crippen LogP contribution in [-0.4, -0.2) is 27.5 Å². The zero-order chi connectivity index (χ0) is 25.3. The first-order valence-corrected chi connectivity index (χ1v) is 12.4. The molecule has 1 saturated carbocycles. The molecule has 0 saturated heterocycles. The molecule has 0 amide bonds. The van der Waals surface area contributed by atoms with Crippen molar-refractivity contribution >= 4 is 23.0 Å². The lowest BCUT2D eigenvalue weighted by molar-refractivity contribution is -0.117. The van der Waals surface area contributed by atoms with Crippen molar-refractivity contribution in [2.24, 2.45) is 10.4 Å². The van der Waals surface area contributed by atoms with Crippen molar-refractivity contribution in [2.45, 2.75) is 58.3 Å². The average molecular weight is 483 g/mol. The highest BCUT2D eigenvalue weighted by Gasteiger charge is 2.37. The predicted octanol–water partition coefficient (Wildman–Crippen LogP) is 6.49. The summed E-state index contributed by atoms with van der Waals surface area (Å²) in [5.41, 5.74) is 3.60. The van der Waals surface area contributed by atoms with Crippen molar-refractivity contribution in [1.29, 1.82) is 0 Å². The van der Waals surface area contributed by atoms with E-state index in [1.165, 1.54) is 0 Å². The number of carbonyl (C=O) groups excluding carboxylic acids is 2. The van der Waals surface area contributed by atoms with Crippen LogP contribution in [0.2, 0.25) is 0 Å². The molecule has 36 heavy (non-hydrogen) atoms. The van der Waals surface area contributed by atoms with Gasteiger partial charge in [0.25, 0.3) is 0 Å². The number of aryl methyl sites for hydroxylation is 1. The molecule has 0 aliphatic heterocycles. The zero-order valence-electron chi connectivity index (χ0n) is 20.7. The second kappa shape index (κ2) is 9.69. The van der Waals surface area contributed by atoms with E-state index in [0.29, 0.717) is 60.4 Å². The number of hydrogen-bond donors (Lipinski definition) is 1. The van der Waals surface area contributed by atoms with Gasteiger partial charge in [0, 0.05) is 32.1 Å². The molecule has 1 atom stereocenters. The van der Waals surface area contributed by atoms with Crippen LogP contribution >= 0.6 is 0 Å². The second-order valence-corrected chi connectivity index (χ2v) is 10.5. The van der Waals surface area contributed by atoms with Crippen LogP contribution in [0.15, 0.2) is 81.5 Å². The van der Waals surface area contributed by atoms with Gasteiger partial charge >= 0.3 is 0 Å². The van der Waals surface area contributed by atoms with E-state index in [2.05, 4.69) is 5.16 Å². The number of aliphatic imine (C=N–C) groups is 1. The van der Waals surface area contributed by atoms with Crippen molar-refractivity contribution in [3.05, 3.63) is 94.6 Å². The summed E-state index contributed by atoms with van der Waals surface area (Å²) in [6, 6.07) is 19.4. The van der Waals surface area contributed by atoms with Gasteiger partial charge in [-0.2, -0.15) is 0 Å². The first kappa shape index (κ1) is 23.9. The normalized spacial score (nSPS) is 21.9. The molecule has 1 fully saturated rings. The fourth-order valence-corrected chi connectivity index (χ4v) is 5.30. The van der Waals surface area contributed by atoms with E-state index in [0.717, 1.165) is 11.3 Å². The van der Waals surface area contributed by atoms with Crippen molar-refractivity contribution in [2.75, 3.05) is 0 Å². The first-order valence-electron chi connectivity index (χ1n) is 12.4. The van der Waals surface area contributed by atoms with E-state index in [1.54, 1.807) is 0 Å². The predicted molar refractivity (Wildman–Crippen MR) is 138 cm³/mol. The Morgan fingerprint density at radius 1 is 1.00 bits per heavy atom. The lowest BCUT2D eigenvalue weighted by Crippen LogP contribution is -2.32. The van der Waals surface area contributed by atoms with Crippen molar-refractivity contribution in [3.63, 3.8) is 0 Å². The fourth-order valence-electron chi connectivity index (χ4n) is 5.30. The van der Waals surface area contributed by atoms with E-state index >= 15 is 0 Å². The van der Waals surface area contributed by atoms with Gasteiger partial charge in [0.2, 0.25) is 0 Å². The molecule has 0 radical (unpaired) electrons. The number of aliphatic hydroxyl groups is 1. The van der Waals surface area contributed by atoms with Gasteiger partial charge in [-0.15, -0.1) is 0 Å². The minimum atomic E-state index is -0.235. The Hall–Kier alpha value is -3.80. The number of fused-ring (bicyclic) bond motifs is 1. The van der Waals surface area contributed by atoms with Gasteiger partial charge in [0.05, 0.1) is 28.2 Å². The average Bonchev–Trinajstić information content (AvgIpc) is 3.26. The molecule has 2 aliphatic rings. The van der Waals surface area contributed by atoms with Gasteiger partial charge in [0.15, 0.2) is 11.6 Å². The number of allylic oxidation sites excluding steroid dienone is 2. The molecule has 5 rings (SSSR count). The number of rotatable bonds is 5. The van der Waals surface area contributed by atoms with E-state index in [1.807, 2.05) is 74.5 Å². The molecule has 2 aromatic carbocycles. The van der Waals surface area contributed by atoms with Gasteiger partial charge < -0.3 is 9.63 Å². The third-order valence-corrected chi connectivity index (χ3v) is 7.01. The molecule has 1 aromatic heterocycles. The molecule has 0 bridgehead atoms. The first-order chi connectivity index (χ1) is 17.3. The lowest BCUT2D eigenvalue weighted by Gasteiger charge is -2.31. The minimum Gasteiger partial charge on any atom is -0.511 e. The second-order valence-electron chi connectivity index (χ2n) is 10.5. The summed E-state index contributed by atoms with van der Waals surface area (Å²) in [6.07, 6.45) is 2.45. The van der Waals surface area contributed by atoms with Crippen molar-refractivity contribution in [3.8, 4) is 0 Å². The van der Waals surface area contributed by atoms with E-state index in [-0.39, 0.29) is 35.1 Å². The van der Waals surface area contributed by atoms with Crippen LogP contribution in [0.1, 0.15) is 72.8 Å². The van der Waals surface area contributed by atoms with Crippen molar-refractivity contribution in [1.82, 2.24) is 5.16 Å². The molecule has 1 heterocycles. The van der Waals surface area contributed by atoms with Crippen LogP contribution in [0.3, 0.4) is 0 Å². The quantitative estimate of drug-likeness (QED) is 0.331. The third kappa shape index (κ3) is 4.94. The van der Waals surface area contributed by atoms with E-state index in [4.69, 9.17) is 9.52 Å². The van der Waals surface area contributed by atoms with Crippen LogP contribution in [0, 0.1) is 5.41 Å². The number of ketones is 2. The highest BCUT2D eigenvalue weighted by atomic mass is 16.5. The monoisotopic (exact) mass is 482 g/mol. The third-order valence-electron chi connectivity index (χ3n) is 7.01. The van der Waals surface area contributed by atoms with Crippen LogP contribution in [0.25, 0.3) is 0 Å². The van der Waals surface area contributed by atoms with Gasteiger partial charge in [-0.05, 0) is 35.4 Å². The Morgan fingerprint density at radius 3 is 2.42 bits per heavy atom. The molecule has 184 valence electrons. The maximum Gasteiger partial charge on any atom is 0.168 e. The van der Waals surface area contributed by atoms with Crippen LogP contribution in [0.5, 0.6) is 0 Å². The number of para-hydroxylation sites is 1. The largest absolute Gasteiger partial charge is 0.511 e. The SMILES string of the molecule is CC1(C)CC(=O)/C(=C(/O)CCc2noc3c2C(=O)CC(c2ccccc2)C3)C(=Nc2ccccc2)C1. The molecular formula is C30H30N2O4. The number of hydrogen-bond acceptors (Lipinski definition) is 6. The molecule has 1 N–H and O–H groups in total. The van der Waals surface area contributed by atoms with Gasteiger partial charge in [-0.25, -0.2) is 0 Å². The fraction of sp³-hybridized carbons (Fsp3) is 0.333. The summed E-state index contributed by atoms with van der Waals surface area (Å²) >= 11 is 0. The Morgan fingerprint density at radius 2 is 1.69 bits per heavy atom. The smallest absolute Gasteiger partial charge is 0.168 e. The van der Waals surface area contributed by atoms with Crippen LogP contribution in [0.4, 0.5) is 5.69 Å². The standard InChI is InChI=1S/C30H30N2O4/c1-30(2)17-23(31-21-11-7-4-8-12-21)28(26(35)18-30)24(33)14-13-22-29-25(34)15-20(16-27(29)36-32-22)19-9-5-3-6-10-19/h3-12,20,33H,13-18H2,1-2H3/b28-24+,31-23?. The highest BCUT2D eigenvalue weighted by molar-refractivity contribution is 6.25. The number of nitrogens with zero attached hydrogens (tertiary/aromatic N) is 2. The van der Waals surface area contributed by atoms with Gasteiger partial charge in [0.1, 0.15) is 11.5 Å². The summed E-state index contributed by atoms with van der Waals surface area (Å²) in [6.45, 7) is 4.07. The molecule has 0 spiro atoms. The van der Waals surface area contributed by atoms with Crippen LogP contribution < -0.4 is 0 Å². The zero-order valence-corrected chi connectivity index (χ0v) is 20.7. The topological polar surface area (TPSA) is 92.8 Å². The molecule has 6 heteroatoms. The Balaban J connectivity index is 1.38. The number of aromatic nitrogens is 1. The number of carbonyl (C=O) groups is 2. The minimum absolute atomic E-state index is 0.00708. The maximum absolute atomic E-state index is 13.1. The van der Waals surface area contributed by atoms with Gasteiger partial charge in [-0.1, -0.05) is 67.5 Å². The Bertz CT molecular complexity index is 1350. The number of aliphatic hydroxyl groups excluding tert-OH is 1. The molecule has 3 aromatic rings. The summed E-state index contributed by atoms with van der Waals surface area (Å²) in [5.74, 6) is 0.566. The number of Topliss-reactive ketones (excluding diaryl/α,β-unsaturated/α-hetero) is 2. The summed E-state index contributed by atoms with van der Waals surface area (Å²) < 4.78 is 5.58. The molecule has 2 aliphatic carbocycles. The highest BCUT2D eigenvalue weighted by Crippen LogP contribution is 2.38. The van der Waals surface area contributed by atoms with Gasteiger partial charge in [-0.3, -0.25) is 14.6 Å². The summed E-state index contributed by atoms with van der Waals surface area (Å²) in [7, 11) is 0. The summed E-state index contributed by atoms with van der Waals surface area (Å²) in [4.78, 5) is 30.8. The van der Waals surface area contributed by atoms with Crippen molar-refractivity contribution < 1.29 is 19.2 Å². The summed E-state index contributed by atoms with van der Waals surface area (Å²) in [5, 5.41) is 15.2. The Labute approximate surface area is 210 Å². The van der Waals surface area contributed by atoms with E-state index in [9.17, 15) is 14.7 Å². The van der Waals surface area contributed by atoms with E-state index < -0.39 is 0 Å².